The van der Waals surface area contributed by atoms with Crippen molar-refractivity contribution in [3.05, 3.63) is 168 Å². The molecule has 9 aromatic rings. The molecule has 230 valence electrons. The molecule has 0 bridgehead atoms. The van der Waals surface area contributed by atoms with E-state index in [0.29, 0.717) is 16.7 Å². The van der Waals surface area contributed by atoms with Crippen molar-refractivity contribution in [1.29, 1.82) is 15.8 Å². The van der Waals surface area contributed by atoms with Crippen LogP contribution in [0.15, 0.2) is 152 Å². The molecule has 0 aliphatic heterocycles. The molecule has 0 saturated heterocycles. The lowest BCUT2D eigenvalue weighted by molar-refractivity contribution is 1.17. The summed E-state index contributed by atoms with van der Waals surface area (Å²) in [5, 5.41) is 33.8. The lowest BCUT2D eigenvalue weighted by Crippen LogP contribution is -1.98. The zero-order valence-electron chi connectivity index (χ0n) is 26.7. The summed E-state index contributed by atoms with van der Waals surface area (Å²) in [6.45, 7) is 0. The summed E-state index contributed by atoms with van der Waals surface area (Å²) in [5.41, 5.74) is 11.6. The Kier molecular flexibility index (Phi) is 6.56. The molecule has 0 unspecified atom stereocenters. The topological polar surface area (TPSA) is 81.2 Å². The van der Waals surface area contributed by atoms with Gasteiger partial charge in [-0.15, -0.1) is 0 Å². The van der Waals surface area contributed by atoms with Crippen LogP contribution in [-0.2, 0) is 0 Å². The van der Waals surface area contributed by atoms with Crippen LogP contribution in [0.5, 0.6) is 0 Å². The molecule has 2 heterocycles. The van der Waals surface area contributed by atoms with Crippen LogP contribution in [0, 0.1) is 34.0 Å². The molecule has 0 N–H and O–H groups in total. The molecule has 0 saturated carbocycles. The fourth-order valence-electron chi connectivity index (χ4n) is 7.38. The van der Waals surface area contributed by atoms with Crippen molar-refractivity contribution in [2.45, 2.75) is 0 Å². The molecular formula is C45H25N5. The van der Waals surface area contributed by atoms with Crippen molar-refractivity contribution in [3.8, 4) is 51.8 Å². The molecule has 0 atom stereocenters. The van der Waals surface area contributed by atoms with Crippen LogP contribution in [0.2, 0.25) is 0 Å². The van der Waals surface area contributed by atoms with E-state index in [1.807, 2.05) is 91.0 Å². The van der Waals surface area contributed by atoms with Crippen molar-refractivity contribution in [2.24, 2.45) is 0 Å². The smallest absolute Gasteiger partial charge is 0.0992 e. The van der Waals surface area contributed by atoms with Gasteiger partial charge in [0.1, 0.15) is 0 Å². The lowest BCUT2D eigenvalue weighted by atomic mass is 9.92. The lowest BCUT2D eigenvalue weighted by Gasteiger charge is -2.17. The largest absolute Gasteiger partial charge is 0.309 e. The highest BCUT2D eigenvalue weighted by Gasteiger charge is 2.18. The van der Waals surface area contributed by atoms with Gasteiger partial charge in [0.2, 0.25) is 0 Å². The number of nitriles is 3. The Morgan fingerprint density at radius 2 is 0.880 bits per heavy atom. The molecule has 5 nitrogen and oxygen atoms in total. The van der Waals surface area contributed by atoms with Crippen LogP contribution in [0.1, 0.15) is 16.7 Å². The van der Waals surface area contributed by atoms with Gasteiger partial charge in [0.05, 0.1) is 57.0 Å². The van der Waals surface area contributed by atoms with E-state index in [0.717, 1.165) is 77.2 Å². The third kappa shape index (κ3) is 4.45. The molecule has 0 amide bonds. The number of aromatic nitrogens is 2. The second kappa shape index (κ2) is 11.4. The third-order valence-corrected chi connectivity index (χ3v) is 9.57. The number of benzene rings is 7. The van der Waals surface area contributed by atoms with Crippen LogP contribution < -0.4 is 0 Å². The zero-order valence-corrected chi connectivity index (χ0v) is 26.7. The Balaban J connectivity index is 1.33. The monoisotopic (exact) mass is 635 g/mol. The molecule has 0 spiro atoms. The Labute approximate surface area is 287 Å². The SMILES string of the molecule is N#Cc1cc(-c2cc(-n3c4ccccc4c4cc(C#N)ccc43)ccc2-c2ccccc2)cc(-n2c3ccccc3c3cc(C#N)ccc32)c1. The minimum atomic E-state index is 0.544. The minimum absolute atomic E-state index is 0.544. The molecule has 0 radical (unpaired) electrons. The molecule has 5 heteroatoms. The van der Waals surface area contributed by atoms with E-state index in [1.54, 1.807) is 0 Å². The maximum absolute atomic E-state index is 10.4. The summed E-state index contributed by atoms with van der Waals surface area (Å²) in [6, 6.07) is 57.9. The van der Waals surface area contributed by atoms with Gasteiger partial charge in [-0.3, -0.25) is 0 Å². The quantitative estimate of drug-likeness (QED) is 0.193. The van der Waals surface area contributed by atoms with Gasteiger partial charge in [0, 0.05) is 32.9 Å². The van der Waals surface area contributed by atoms with Gasteiger partial charge in [-0.25, -0.2) is 0 Å². The van der Waals surface area contributed by atoms with Gasteiger partial charge in [0.25, 0.3) is 0 Å². The molecule has 50 heavy (non-hydrogen) atoms. The first-order valence-corrected chi connectivity index (χ1v) is 16.3. The fourth-order valence-corrected chi connectivity index (χ4v) is 7.38. The maximum atomic E-state index is 10.4. The van der Waals surface area contributed by atoms with Crippen molar-refractivity contribution >= 4 is 43.6 Å². The Morgan fingerprint density at radius 1 is 0.340 bits per heavy atom. The van der Waals surface area contributed by atoms with E-state index in [1.165, 1.54) is 0 Å². The summed E-state index contributed by atoms with van der Waals surface area (Å²) >= 11 is 0. The second-order valence-electron chi connectivity index (χ2n) is 12.4. The van der Waals surface area contributed by atoms with Crippen molar-refractivity contribution in [2.75, 3.05) is 0 Å². The fraction of sp³-hybridized carbons (Fsp3) is 0. The highest BCUT2D eigenvalue weighted by molar-refractivity contribution is 6.11. The van der Waals surface area contributed by atoms with Gasteiger partial charge >= 0.3 is 0 Å². The molecule has 0 aliphatic rings. The Hall–Kier alpha value is -7.39. The van der Waals surface area contributed by atoms with Crippen LogP contribution >= 0.6 is 0 Å². The standard InChI is InChI=1S/C45H25N5/c46-26-29-14-18-44-40(22-29)37-10-4-6-12-42(37)49(44)34-16-17-36(32-8-2-1-3-9-32)39(25-34)33-20-31(28-48)21-35(24-33)50-43-13-7-5-11-38(43)41-23-30(27-47)15-19-45(41)50/h1-25H. The second-order valence-corrected chi connectivity index (χ2v) is 12.4. The number of hydrogen-bond acceptors (Lipinski definition) is 3. The van der Waals surface area contributed by atoms with E-state index in [9.17, 15) is 15.8 Å². The average molecular weight is 636 g/mol. The summed E-state index contributed by atoms with van der Waals surface area (Å²) < 4.78 is 4.43. The summed E-state index contributed by atoms with van der Waals surface area (Å²) in [7, 11) is 0. The van der Waals surface area contributed by atoms with Gasteiger partial charge in [-0.2, -0.15) is 15.8 Å². The van der Waals surface area contributed by atoms with Gasteiger partial charge in [-0.1, -0.05) is 72.8 Å². The third-order valence-electron chi connectivity index (χ3n) is 9.57. The highest BCUT2D eigenvalue weighted by Crippen LogP contribution is 2.40. The van der Waals surface area contributed by atoms with Crippen LogP contribution in [0.3, 0.4) is 0 Å². The Bertz CT molecular complexity index is 2960. The van der Waals surface area contributed by atoms with Crippen LogP contribution in [0.25, 0.3) is 77.2 Å². The molecule has 9 rings (SSSR count). The van der Waals surface area contributed by atoms with Crippen LogP contribution in [-0.4, -0.2) is 9.13 Å². The van der Waals surface area contributed by atoms with Crippen LogP contribution in [0.4, 0.5) is 0 Å². The van der Waals surface area contributed by atoms with E-state index in [2.05, 4.69) is 88.0 Å². The Morgan fingerprint density at radius 3 is 1.48 bits per heavy atom. The first-order chi connectivity index (χ1) is 24.6. The summed E-state index contributed by atoms with van der Waals surface area (Å²) in [5.74, 6) is 0. The normalized spacial score (nSPS) is 11.1. The first kappa shape index (κ1) is 28.8. The average Bonchev–Trinajstić information content (AvgIpc) is 3.70. The number of rotatable bonds is 4. The van der Waals surface area contributed by atoms with Crippen molar-refractivity contribution in [3.63, 3.8) is 0 Å². The molecule has 7 aromatic carbocycles. The highest BCUT2D eigenvalue weighted by atomic mass is 15.0. The van der Waals surface area contributed by atoms with Crippen molar-refractivity contribution in [1.82, 2.24) is 9.13 Å². The maximum Gasteiger partial charge on any atom is 0.0992 e. The molecule has 2 aromatic heterocycles. The molecule has 0 fully saturated rings. The predicted molar refractivity (Wildman–Crippen MR) is 200 cm³/mol. The van der Waals surface area contributed by atoms with E-state index in [-0.39, 0.29) is 0 Å². The number of fused-ring (bicyclic) bond motifs is 6. The van der Waals surface area contributed by atoms with Crippen molar-refractivity contribution < 1.29 is 0 Å². The van der Waals surface area contributed by atoms with E-state index >= 15 is 0 Å². The number of para-hydroxylation sites is 2. The van der Waals surface area contributed by atoms with E-state index in [4.69, 9.17) is 0 Å². The van der Waals surface area contributed by atoms with Gasteiger partial charge in [0.15, 0.2) is 0 Å². The number of nitrogens with zero attached hydrogens (tertiary/aromatic N) is 5. The summed E-state index contributed by atoms with van der Waals surface area (Å²) in [4.78, 5) is 0. The minimum Gasteiger partial charge on any atom is -0.309 e. The predicted octanol–water partition coefficient (Wildman–Crippen LogP) is 10.8. The van der Waals surface area contributed by atoms with Gasteiger partial charge in [-0.05, 0) is 101 Å². The van der Waals surface area contributed by atoms with E-state index < -0.39 is 0 Å². The molecular weight excluding hydrogens is 611 g/mol. The van der Waals surface area contributed by atoms with Gasteiger partial charge < -0.3 is 9.13 Å². The zero-order chi connectivity index (χ0) is 33.8. The molecule has 0 aliphatic carbocycles. The first-order valence-electron chi connectivity index (χ1n) is 16.3. The number of hydrogen-bond donors (Lipinski definition) is 0. The summed E-state index contributed by atoms with van der Waals surface area (Å²) in [6.07, 6.45) is 0.